The molecule has 1 unspecified atom stereocenters. The van der Waals surface area contributed by atoms with Gasteiger partial charge in [0.05, 0.1) is 21.8 Å². The number of hydrogen-bond acceptors (Lipinski definition) is 5. The van der Waals surface area contributed by atoms with Crippen molar-refractivity contribution in [3.8, 4) is 0 Å². The number of amides is 2. The first-order valence-electron chi connectivity index (χ1n) is 9.16. The lowest BCUT2D eigenvalue weighted by atomic mass is 10.3. The summed E-state index contributed by atoms with van der Waals surface area (Å²) in [6.45, 7) is 2.46. The first kappa shape index (κ1) is 20.5. The van der Waals surface area contributed by atoms with Gasteiger partial charge in [-0.15, -0.1) is 0 Å². The second-order valence-corrected chi connectivity index (χ2v) is 7.87. The van der Waals surface area contributed by atoms with Crippen molar-refractivity contribution >= 4 is 39.9 Å². The molecule has 0 aliphatic heterocycles. The molecule has 8 nitrogen and oxygen atoms in total. The molecule has 0 radical (unpaired) electrons. The molecule has 1 atom stereocenters. The average Bonchev–Trinajstić information content (AvgIpc) is 3.11. The molecule has 152 valence electrons. The smallest absolute Gasteiger partial charge is 0.328 e. The standard InChI is InChI=1S/C20H22N4O4S/c1-3-4-12-21-19(25)24-17-11-10-15(29(28)14-8-6-5-7-9-14)13-16(17)22-18(24)23(2)20(26)27/h5-11,13H,3-4,12H2,1-2H3,(H,21,25)(H,26,27)/p-1. The summed E-state index contributed by atoms with van der Waals surface area (Å²) < 4.78 is 14.0. The fraction of sp³-hybridized carbons (Fsp3) is 0.250. The molecular formula is C20H21N4O4S-. The molecule has 1 heterocycles. The number of anilines is 1. The Balaban J connectivity index is 2.06. The molecule has 3 rings (SSSR count). The van der Waals surface area contributed by atoms with Crippen molar-refractivity contribution < 1.29 is 18.9 Å². The van der Waals surface area contributed by atoms with Crippen LogP contribution in [0.3, 0.4) is 0 Å². The fourth-order valence-electron chi connectivity index (χ4n) is 2.80. The number of imidazole rings is 1. The third kappa shape index (κ3) is 4.29. The van der Waals surface area contributed by atoms with Crippen LogP contribution >= 0.6 is 0 Å². The van der Waals surface area contributed by atoms with Crippen LogP contribution in [0.5, 0.6) is 0 Å². The van der Waals surface area contributed by atoms with Gasteiger partial charge in [0.1, 0.15) is 6.09 Å². The zero-order valence-corrected chi connectivity index (χ0v) is 16.9. The summed E-state index contributed by atoms with van der Waals surface area (Å²) in [6.07, 6.45) is 0.214. The molecule has 1 aromatic heterocycles. The number of nitrogens with zero attached hydrogens (tertiary/aromatic N) is 3. The first-order chi connectivity index (χ1) is 13.9. The van der Waals surface area contributed by atoms with E-state index >= 15 is 0 Å². The summed E-state index contributed by atoms with van der Waals surface area (Å²) in [5.41, 5.74) is 0.774. The van der Waals surface area contributed by atoms with Gasteiger partial charge in [-0.3, -0.25) is 0 Å². The van der Waals surface area contributed by atoms with Crippen LogP contribution in [0, 0.1) is 0 Å². The average molecular weight is 413 g/mol. The van der Waals surface area contributed by atoms with E-state index < -0.39 is 22.9 Å². The van der Waals surface area contributed by atoms with E-state index in [0.717, 1.165) is 17.7 Å². The monoisotopic (exact) mass is 413 g/mol. The highest BCUT2D eigenvalue weighted by molar-refractivity contribution is 7.85. The van der Waals surface area contributed by atoms with E-state index in [1.165, 1.54) is 11.6 Å². The Labute approximate surface area is 170 Å². The van der Waals surface area contributed by atoms with Crippen LogP contribution < -0.4 is 15.3 Å². The molecular weight excluding hydrogens is 392 g/mol. The summed E-state index contributed by atoms with van der Waals surface area (Å²) in [5, 5.41) is 14.1. The number of carboxylic acid groups (broad SMARTS) is 1. The topological polar surface area (TPSA) is 107 Å². The van der Waals surface area contributed by atoms with Crippen molar-refractivity contribution in [3.63, 3.8) is 0 Å². The van der Waals surface area contributed by atoms with Gasteiger partial charge in [-0.25, -0.2) is 18.6 Å². The number of rotatable bonds is 6. The van der Waals surface area contributed by atoms with Gasteiger partial charge in [0.15, 0.2) is 0 Å². The normalized spacial score (nSPS) is 11.9. The zero-order chi connectivity index (χ0) is 21.0. The lowest BCUT2D eigenvalue weighted by Gasteiger charge is -2.19. The number of carbonyl (C=O) groups excluding carboxylic acids is 2. The van der Waals surface area contributed by atoms with Gasteiger partial charge in [0.2, 0.25) is 5.95 Å². The van der Waals surface area contributed by atoms with E-state index in [1.807, 2.05) is 13.0 Å². The van der Waals surface area contributed by atoms with Crippen molar-refractivity contribution in [1.29, 1.82) is 0 Å². The Morgan fingerprint density at radius 2 is 1.90 bits per heavy atom. The second kappa shape index (κ2) is 8.87. The van der Waals surface area contributed by atoms with E-state index in [4.69, 9.17) is 0 Å². The highest BCUT2D eigenvalue weighted by Gasteiger charge is 2.21. The Morgan fingerprint density at radius 1 is 1.17 bits per heavy atom. The minimum Gasteiger partial charge on any atom is -0.530 e. The molecule has 29 heavy (non-hydrogen) atoms. The van der Waals surface area contributed by atoms with Gasteiger partial charge in [0.25, 0.3) is 0 Å². The minimum absolute atomic E-state index is 0.0864. The van der Waals surface area contributed by atoms with Crippen LogP contribution in [0.4, 0.5) is 15.5 Å². The summed E-state index contributed by atoms with van der Waals surface area (Å²) in [7, 11) is -0.169. The Hall–Kier alpha value is -3.20. The lowest BCUT2D eigenvalue weighted by Crippen LogP contribution is -2.41. The number of hydrogen-bond donors (Lipinski definition) is 1. The van der Waals surface area contributed by atoms with Crippen molar-refractivity contribution in [2.75, 3.05) is 18.5 Å². The molecule has 0 saturated carbocycles. The summed E-state index contributed by atoms with van der Waals surface area (Å²) >= 11 is 0. The van der Waals surface area contributed by atoms with Crippen molar-refractivity contribution in [3.05, 3.63) is 48.5 Å². The fourth-order valence-corrected chi connectivity index (χ4v) is 3.89. The number of benzene rings is 2. The van der Waals surface area contributed by atoms with E-state index in [2.05, 4.69) is 10.3 Å². The Kier molecular flexibility index (Phi) is 6.28. The van der Waals surface area contributed by atoms with Crippen molar-refractivity contribution in [1.82, 2.24) is 14.9 Å². The summed E-state index contributed by atoms with van der Waals surface area (Å²) in [6, 6.07) is 13.3. The molecule has 0 saturated heterocycles. The van der Waals surface area contributed by atoms with Gasteiger partial charge in [0, 0.05) is 23.4 Å². The molecule has 3 aromatic rings. The number of fused-ring (bicyclic) bond motifs is 1. The van der Waals surface area contributed by atoms with Crippen LogP contribution in [0.25, 0.3) is 11.0 Å². The van der Waals surface area contributed by atoms with Gasteiger partial charge in [-0.1, -0.05) is 31.5 Å². The van der Waals surface area contributed by atoms with E-state index in [1.54, 1.807) is 42.5 Å². The summed E-state index contributed by atoms with van der Waals surface area (Å²) in [4.78, 5) is 30.2. The predicted molar refractivity (Wildman–Crippen MR) is 108 cm³/mol. The van der Waals surface area contributed by atoms with E-state index in [0.29, 0.717) is 27.4 Å². The van der Waals surface area contributed by atoms with Crippen LogP contribution in [-0.2, 0) is 10.8 Å². The van der Waals surface area contributed by atoms with E-state index in [9.17, 15) is 18.9 Å². The maximum Gasteiger partial charge on any atom is 0.328 e. The lowest BCUT2D eigenvalue weighted by molar-refractivity contribution is -0.246. The highest BCUT2D eigenvalue weighted by atomic mass is 32.2. The predicted octanol–water partition coefficient (Wildman–Crippen LogP) is 2.34. The van der Waals surface area contributed by atoms with Crippen molar-refractivity contribution in [2.45, 2.75) is 29.6 Å². The molecule has 0 spiro atoms. The first-order valence-corrected chi connectivity index (χ1v) is 10.3. The third-order valence-electron chi connectivity index (χ3n) is 4.36. The molecule has 0 aliphatic carbocycles. The van der Waals surface area contributed by atoms with E-state index in [-0.39, 0.29) is 5.95 Å². The maximum atomic E-state index is 12.8. The molecule has 2 amide bonds. The minimum atomic E-state index is -1.49. The Morgan fingerprint density at radius 3 is 2.55 bits per heavy atom. The third-order valence-corrected chi connectivity index (χ3v) is 5.75. The molecule has 0 aliphatic rings. The molecule has 2 aromatic carbocycles. The van der Waals surface area contributed by atoms with Crippen LogP contribution in [0.15, 0.2) is 58.3 Å². The van der Waals surface area contributed by atoms with Gasteiger partial charge in [-0.05, 0) is 36.8 Å². The molecule has 9 heteroatoms. The Bertz CT molecular complexity index is 1070. The number of carbonyl (C=O) groups is 2. The van der Waals surface area contributed by atoms with Gasteiger partial charge < -0.3 is 20.1 Å². The maximum absolute atomic E-state index is 12.8. The zero-order valence-electron chi connectivity index (χ0n) is 16.1. The number of nitrogens with one attached hydrogen (secondary N) is 1. The molecule has 0 fully saturated rings. The van der Waals surface area contributed by atoms with Crippen LogP contribution in [-0.4, -0.2) is 39.5 Å². The van der Waals surface area contributed by atoms with Crippen LogP contribution in [0.1, 0.15) is 19.8 Å². The largest absolute Gasteiger partial charge is 0.530 e. The number of aromatic nitrogens is 2. The van der Waals surface area contributed by atoms with Crippen molar-refractivity contribution in [2.24, 2.45) is 0 Å². The van der Waals surface area contributed by atoms with Gasteiger partial charge in [-0.2, -0.15) is 0 Å². The highest BCUT2D eigenvalue weighted by Crippen LogP contribution is 2.26. The quantitative estimate of drug-likeness (QED) is 0.624. The van der Waals surface area contributed by atoms with Gasteiger partial charge >= 0.3 is 6.03 Å². The molecule has 1 N–H and O–H groups in total. The molecule has 0 bridgehead atoms. The SMILES string of the molecule is CCCCNC(=O)n1c(N(C)C(=O)[O-])nc2cc(S(=O)c3ccccc3)ccc21. The number of unbranched alkanes of at least 4 members (excludes halogenated alkanes) is 1. The van der Waals surface area contributed by atoms with Crippen LogP contribution in [0.2, 0.25) is 0 Å². The summed E-state index contributed by atoms with van der Waals surface area (Å²) in [5.74, 6) is -0.0864. The second-order valence-electron chi connectivity index (χ2n) is 6.39.